The minimum Gasteiger partial charge on any atom is -0.471 e. The number of ether oxygens (including phenoxy) is 1. The standard InChI is InChI=1S/C18H13NO3/c1-12-7-8-15-14(11-12)16(20)18(21-10-9-19)17(22-15)13-5-3-2-4-6-13/h2-8,11H,10H2,1H3. The highest BCUT2D eigenvalue weighted by Gasteiger charge is 2.17. The van der Waals surface area contributed by atoms with E-state index in [1.165, 1.54) is 0 Å². The molecule has 0 saturated heterocycles. The van der Waals surface area contributed by atoms with Crippen LogP contribution in [0.1, 0.15) is 5.56 Å². The average Bonchev–Trinajstić information content (AvgIpc) is 2.55. The first-order valence-electron chi connectivity index (χ1n) is 6.83. The summed E-state index contributed by atoms with van der Waals surface area (Å²) in [6.07, 6.45) is 0. The second kappa shape index (κ2) is 5.74. The molecule has 0 unspecified atom stereocenters. The fraction of sp³-hybridized carbons (Fsp3) is 0.111. The van der Waals surface area contributed by atoms with Gasteiger partial charge in [-0.25, -0.2) is 0 Å². The maximum absolute atomic E-state index is 12.7. The summed E-state index contributed by atoms with van der Waals surface area (Å²) in [5.41, 5.74) is 1.92. The number of rotatable bonds is 3. The highest BCUT2D eigenvalue weighted by Crippen LogP contribution is 2.30. The lowest BCUT2D eigenvalue weighted by atomic mass is 10.1. The van der Waals surface area contributed by atoms with Gasteiger partial charge >= 0.3 is 0 Å². The Balaban J connectivity index is 2.32. The molecule has 0 aliphatic heterocycles. The quantitative estimate of drug-likeness (QED) is 0.738. The third-order valence-electron chi connectivity index (χ3n) is 3.32. The lowest BCUT2D eigenvalue weighted by Crippen LogP contribution is -2.10. The third kappa shape index (κ3) is 2.45. The zero-order valence-electron chi connectivity index (χ0n) is 12.0. The number of benzene rings is 2. The van der Waals surface area contributed by atoms with Crippen molar-refractivity contribution in [1.29, 1.82) is 5.26 Å². The molecule has 4 nitrogen and oxygen atoms in total. The van der Waals surface area contributed by atoms with Crippen LogP contribution in [0, 0.1) is 18.3 Å². The summed E-state index contributed by atoms with van der Waals surface area (Å²) in [6, 6.07) is 16.5. The monoisotopic (exact) mass is 291 g/mol. The molecule has 108 valence electrons. The highest BCUT2D eigenvalue weighted by molar-refractivity contribution is 5.82. The Hall–Kier alpha value is -3.06. The molecule has 22 heavy (non-hydrogen) atoms. The van der Waals surface area contributed by atoms with E-state index in [1.54, 1.807) is 12.1 Å². The predicted molar refractivity (Wildman–Crippen MR) is 83.8 cm³/mol. The first-order valence-corrected chi connectivity index (χ1v) is 6.83. The Bertz CT molecular complexity index is 921. The van der Waals surface area contributed by atoms with Crippen LogP contribution in [0.2, 0.25) is 0 Å². The van der Waals surface area contributed by atoms with Crippen LogP contribution in [0.25, 0.3) is 22.3 Å². The first kappa shape index (κ1) is 13.9. The van der Waals surface area contributed by atoms with E-state index in [0.717, 1.165) is 11.1 Å². The van der Waals surface area contributed by atoms with Crippen molar-refractivity contribution in [3.05, 3.63) is 64.3 Å². The van der Waals surface area contributed by atoms with Gasteiger partial charge in [-0.05, 0) is 19.1 Å². The highest BCUT2D eigenvalue weighted by atomic mass is 16.5. The molecule has 0 N–H and O–H groups in total. The lowest BCUT2D eigenvalue weighted by molar-refractivity contribution is 0.356. The Kier molecular flexibility index (Phi) is 3.63. The van der Waals surface area contributed by atoms with Gasteiger partial charge in [0.15, 0.2) is 12.4 Å². The lowest BCUT2D eigenvalue weighted by Gasteiger charge is -2.10. The van der Waals surface area contributed by atoms with E-state index in [2.05, 4.69) is 0 Å². The maximum Gasteiger partial charge on any atom is 0.235 e. The average molecular weight is 291 g/mol. The molecule has 1 aromatic heterocycles. The van der Waals surface area contributed by atoms with Crippen molar-refractivity contribution in [3.63, 3.8) is 0 Å². The predicted octanol–water partition coefficient (Wildman–Crippen LogP) is 3.67. The van der Waals surface area contributed by atoms with Crippen molar-refractivity contribution in [1.82, 2.24) is 0 Å². The second-order valence-electron chi connectivity index (χ2n) is 4.90. The number of hydrogen-bond acceptors (Lipinski definition) is 4. The second-order valence-corrected chi connectivity index (χ2v) is 4.90. The molecule has 3 aromatic rings. The van der Waals surface area contributed by atoms with E-state index in [4.69, 9.17) is 14.4 Å². The van der Waals surface area contributed by atoms with Gasteiger partial charge in [0, 0.05) is 5.56 Å². The zero-order valence-corrected chi connectivity index (χ0v) is 12.0. The first-order chi connectivity index (χ1) is 10.7. The number of nitrogens with zero attached hydrogens (tertiary/aromatic N) is 1. The molecule has 0 aliphatic carbocycles. The van der Waals surface area contributed by atoms with Gasteiger partial charge in [0.1, 0.15) is 11.7 Å². The molecular weight excluding hydrogens is 278 g/mol. The van der Waals surface area contributed by atoms with Crippen LogP contribution >= 0.6 is 0 Å². The number of nitriles is 1. The van der Waals surface area contributed by atoms with Crippen LogP contribution in [0.4, 0.5) is 0 Å². The molecular formula is C18H13NO3. The van der Waals surface area contributed by atoms with Gasteiger partial charge in [-0.1, -0.05) is 42.0 Å². The minimum atomic E-state index is -0.265. The van der Waals surface area contributed by atoms with Crippen molar-refractivity contribution in [2.75, 3.05) is 6.61 Å². The Morgan fingerprint density at radius 3 is 2.68 bits per heavy atom. The van der Waals surface area contributed by atoms with Gasteiger partial charge in [-0.2, -0.15) is 5.26 Å². The van der Waals surface area contributed by atoms with E-state index < -0.39 is 0 Å². The Morgan fingerprint density at radius 1 is 1.18 bits per heavy atom. The van der Waals surface area contributed by atoms with E-state index in [9.17, 15) is 4.79 Å². The molecule has 0 aliphatic rings. The van der Waals surface area contributed by atoms with Gasteiger partial charge in [0.05, 0.1) is 5.39 Å². The van der Waals surface area contributed by atoms with Crippen molar-refractivity contribution < 1.29 is 9.15 Å². The molecule has 0 spiro atoms. The van der Waals surface area contributed by atoms with Crippen LogP contribution in [-0.2, 0) is 0 Å². The van der Waals surface area contributed by atoms with E-state index >= 15 is 0 Å². The molecule has 0 bridgehead atoms. The summed E-state index contributed by atoms with van der Waals surface area (Å²) < 4.78 is 11.2. The maximum atomic E-state index is 12.7. The summed E-state index contributed by atoms with van der Waals surface area (Å²) in [5, 5.41) is 9.18. The summed E-state index contributed by atoms with van der Waals surface area (Å²) in [5.74, 6) is 0.419. The van der Waals surface area contributed by atoms with Crippen molar-refractivity contribution in [3.8, 4) is 23.1 Å². The largest absolute Gasteiger partial charge is 0.471 e. The number of aryl methyl sites for hydroxylation is 1. The summed E-state index contributed by atoms with van der Waals surface area (Å²) in [6.45, 7) is 1.70. The summed E-state index contributed by atoms with van der Waals surface area (Å²) >= 11 is 0. The van der Waals surface area contributed by atoms with Crippen LogP contribution in [-0.4, -0.2) is 6.61 Å². The Labute approximate surface area is 127 Å². The molecule has 3 rings (SSSR count). The molecule has 0 amide bonds. The van der Waals surface area contributed by atoms with Crippen molar-refractivity contribution >= 4 is 11.0 Å². The molecule has 0 radical (unpaired) electrons. The summed E-state index contributed by atoms with van der Waals surface area (Å²) in [7, 11) is 0. The Morgan fingerprint density at radius 2 is 1.95 bits per heavy atom. The van der Waals surface area contributed by atoms with Gasteiger partial charge in [-0.15, -0.1) is 0 Å². The van der Waals surface area contributed by atoms with Gasteiger partial charge in [-0.3, -0.25) is 4.79 Å². The van der Waals surface area contributed by atoms with Gasteiger partial charge in [0.2, 0.25) is 11.2 Å². The van der Waals surface area contributed by atoms with E-state index in [0.29, 0.717) is 16.7 Å². The van der Waals surface area contributed by atoms with Crippen molar-refractivity contribution in [2.24, 2.45) is 0 Å². The van der Waals surface area contributed by atoms with Crippen molar-refractivity contribution in [2.45, 2.75) is 6.92 Å². The molecule has 0 saturated carbocycles. The van der Waals surface area contributed by atoms with Gasteiger partial charge < -0.3 is 9.15 Å². The van der Waals surface area contributed by atoms with Gasteiger partial charge in [0.25, 0.3) is 0 Å². The number of fused-ring (bicyclic) bond motifs is 1. The van der Waals surface area contributed by atoms with Crippen LogP contribution in [0.3, 0.4) is 0 Å². The van der Waals surface area contributed by atoms with E-state index in [1.807, 2.05) is 49.4 Å². The zero-order chi connectivity index (χ0) is 15.5. The topological polar surface area (TPSA) is 63.2 Å². The fourth-order valence-electron chi connectivity index (χ4n) is 2.31. The normalized spacial score (nSPS) is 10.4. The smallest absolute Gasteiger partial charge is 0.235 e. The fourth-order valence-corrected chi connectivity index (χ4v) is 2.31. The number of hydrogen-bond donors (Lipinski definition) is 0. The molecule has 0 fully saturated rings. The summed E-state index contributed by atoms with van der Waals surface area (Å²) in [4.78, 5) is 12.7. The van der Waals surface area contributed by atoms with E-state index in [-0.39, 0.29) is 17.8 Å². The SMILES string of the molecule is Cc1ccc2oc(-c3ccccc3)c(OCC#N)c(=O)c2c1. The minimum absolute atomic E-state index is 0.0749. The van der Waals surface area contributed by atoms with Crippen LogP contribution < -0.4 is 10.2 Å². The molecule has 4 heteroatoms. The van der Waals surface area contributed by atoms with Crippen LogP contribution in [0.5, 0.6) is 5.75 Å². The molecule has 2 aromatic carbocycles. The third-order valence-corrected chi connectivity index (χ3v) is 3.32. The molecule has 1 heterocycles. The van der Waals surface area contributed by atoms with Crippen LogP contribution in [0.15, 0.2) is 57.7 Å². The molecule has 0 atom stereocenters.